The predicted octanol–water partition coefficient (Wildman–Crippen LogP) is 4.88. The minimum atomic E-state index is -2.60. The van der Waals surface area contributed by atoms with E-state index in [0.717, 1.165) is 13.3 Å². The van der Waals surface area contributed by atoms with E-state index in [1.807, 2.05) is 0 Å². The Labute approximate surface area is 99.8 Å². The lowest BCUT2D eigenvalue weighted by Crippen LogP contribution is -2.28. The van der Waals surface area contributed by atoms with Crippen molar-refractivity contribution in [2.45, 2.75) is 63.7 Å². The van der Waals surface area contributed by atoms with Crippen LogP contribution in [0.25, 0.3) is 0 Å². The van der Waals surface area contributed by atoms with Crippen LogP contribution < -0.4 is 0 Å². The van der Waals surface area contributed by atoms with Gasteiger partial charge in [0.05, 0.1) is 0 Å². The Morgan fingerprint density at radius 1 is 0.941 bits per heavy atom. The molecular formula is C13H20F4. The summed E-state index contributed by atoms with van der Waals surface area (Å²) in [6.07, 6.45) is 2.80. The van der Waals surface area contributed by atoms with E-state index in [9.17, 15) is 17.6 Å². The van der Waals surface area contributed by atoms with E-state index in [2.05, 4.69) is 0 Å². The van der Waals surface area contributed by atoms with Crippen LogP contribution >= 0.6 is 0 Å². The van der Waals surface area contributed by atoms with Gasteiger partial charge in [-0.25, -0.2) is 17.6 Å². The lowest BCUT2D eigenvalue weighted by atomic mass is 9.77. The van der Waals surface area contributed by atoms with Crippen LogP contribution in [0.2, 0.25) is 0 Å². The Hall–Kier alpha value is -0.280. The summed E-state index contributed by atoms with van der Waals surface area (Å²) < 4.78 is 52.4. The summed E-state index contributed by atoms with van der Waals surface area (Å²) in [6.45, 7) is 0.981. The minimum absolute atomic E-state index is 0.0542. The molecule has 0 saturated heterocycles. The van der Waals surface area contributed by atoms with Crippen LogP contribution in [0.15, 0.2) is 0 Å². The fraction of sp³-hybridized carbons (Fsp3) is 1.00. The molecule has 0 radical (unpaired) electrons. The number of hydrogen-bond acceptors (Lipinski definition) is 0. The van der Waals surface area contributed by atoms with Crippen molar-refractivity contribution >= 4 is 0 Å². The van der Waals surface area contributed by atoms with Gasteiger partial charge in [0.1, 0.15) is 0 Å². The molecule has 2 fully saturated rings. The molecule has 100 valence electrons. The molecule has 17 heavy (non-hydrogen) atoms. The molecule has 0 aromatic carbocycles. The van der Waals surface area contributed by atoms with Gasteiger partial charge in [-0.15, -0.1) is 0 Å². The van der Waals surface area contributed by atoms with Crippen LogP contribution in [0.1, 0.15) is 51.9 Å². The van der Waals surface area contributed by atoms with Gasteiger partial charge < -0.3 is 0 Å². The van der Waals surface area contributed by atoms with Crippen LogP contribution in [0.3, 0.4) is 0 Å². The van der Waals surface area contributed by atoms with Gasteiger partial charge in [0.2, 0.25) is 11.8 Å². The maximum atomic E-state index is 13.2. The van der Waals surface area contributed by atoms with Crippen LogP contribution in [0, 0.1) is 17.8 Å². The van der Waals surface area contributed by atoms with Crippen molar-refractivity contribution in [2.75, 3.05) is 0 Å². The second-order valence-electron chi connectivity index (χ2n) is 5.92. The first-order valence-corrected chi connectivity index (χ1v) is 6.53. The zero-order valence-corrected chi connectivity index (χ0v) is 10.2. The largest absolute Gasteiger partial charge is 0.248 e. The maximum absolute atomic E-state index is 13.2. The molecular weight excluding hydrogens is 232 g/mol. The molecule has 0 nitrogen and oxygen atoms in total. The fourth-order valence-electron chi connectivity index (χ4n) is 3.44. The quantitative estimate of drug-likeness (QED) is 0.614. The van der Waals surface area contributed by atoms with Gasteiger partial charge in [-0.05, 0) is 50.9 Å². The van der Waals surface area contributed by atoms with Crippen LogP contribution in [0.5, 0.6) is 0 Å². The van der Waals surface area contributed by atoms with Crippen molar-refractivity contribution in [3.05, 3.63) is 0 Å². The van der Waals surface area contributed by atoms with Crippen molar-refractivity contribution in [3.63, 3.8) is 0 Å². The average molecular weight is 252 g/mol. The normalized spacial score (nSPS) is 35.1. The lowest BCUT2D eigenvalue weighted by molar-refractivity contribution is -0.0569. The van der Waals surface area contributed by atoms with E-state index in [-0.39, 0.29) is 24.7 Å². The molecule has 1 unspecified atom stereocenters. The second kappa shape index (κ2) is 4.43. The summed E-state index contributed by atoms with van der Waals surface area (Å²) >= 11 is 0. The summed E-state index contributed by atoms with van der Waals surface area (Å²) in [5, 5.41) is 0. The Morgan fingerprint density at radius 2 is 1.53 bits per heavy atom. The summed E-state index contributed by atoms with van der Waals surface area (Å²) in [5.41, 5.74) is 0. The van der Waals surface area contributed by atoms with Crippen LogP contribution in [0.4, 0.5) is 17.6 Å². The first-order chi connectivity index (χ1) is 7.78. The lowest BCUT2D eigenvalue weighted by Gasteiger charge is -2.32. The van der Waals surface area contributed by atoms with E-state index >= 15 is 0 Å². The Balaban J connectivity index is 1.86. The van der Waals surface area contributed by atoms with E-state index in [4.69, 9.17) is 0 Å². The van der Waals surface area contributed by atoms with Crippen molar-refractivity contribution < 1.29 is 17.6 Å². The van der Waals surface area contributed by atoms with Crippen LogP contribution in [-0.4, -0.2) is 11.8 Å². The van der Waals surface area contributed by atoms with Gasteiger partial charge in [-0.3, -0.25) is 0 Å². The standard InChI is InChI=1S/C13H20F4/c1-12(14,15)11-3-2-10(8-11)9-4-6-13(16,17)7-5-9/h9-11H,2-8H2,1H3/t10?,11-/m0/s1. The molecule has 0 aromatic rings. The Kier molecular flexibility index (Phi) is 3.43. The molecule has 2 atom stereocenters. The van der Waals surface area contributed by atoms with Gasteiger partial charge in [-0.1, -0.05) is 0 Å². The predicted molar refractivity (Wildman–Crippen MR) is 58.4 cm³/mol. The molecule has 0 spiro atoms. The maximum Gasteiger partial charge on any atom is 0.248 e. The molecule has 0 aliphatic heterocycles. The zero-order chi connectivity index (χ0) is 12.7. The summed E-state index contributed by atoms with van der Waals surface area (Å²) in [5.74, 6) is -5.14. The summed E-state index contributed by atoms with van der Waals surface area (Å²) in [4.78, 5) is 0. The fourth-order valence-corrected chi connectivity index (χ4v) is 3.44. The SMILES string of the molecule is CC(F)(F)[C@H]1CCC(C2CCC(F)(F)CC2)C1. The summed E-state index contributed by atoms with van der Waals surface area (Å²) in [7, 11) is 0. The van der Waals surface area contributed by atoms with Gasteiger partial charge in [-0.2, -0.15) is 0 Å². The molecule has 0 amide bonds. The minimum Gasteiger partial charge on any atom is -0.207 e. The third kappa shape index (κ3) is 3.14. The van der Waals surface area contributed by atoms with Gasteiger partial charge in [0.15, 0.2) is 0 Å². The van der Waals surface area contributed by atoms with E-state index in [1.165, 1.54) is 0 Å². The Bertz CT molecular complexity index is 259. The van der Waals surface area contributed by atoms with Crippen LogP contribution in [-0.2, 0) is 0 Å². The number of rotatable bonds is 2. The van der Waals surface area contributed by atoms with Crippen molar-refractivity contribution in [1.82, 2.24) is 0 Å². The van der Waals surface area contributed by atoms with Crippen molar-refractivity contribution in [3.8, 4) is 0 Å². The molecule has 0 aromatic heterocycles. The van der Waals surface area contributed by atoms with Gasteiger partial charge in [0.25, 0.3) is 0 Å². The Morgan fingerprint density at radius 3 is 2.00 bits per heavy atom. The van der Waals surface area contributed by atoms with Gasteiger partial charge >= 0.3 is 0 Å². The van der Waals surface area contributed by atoms with E-state index < -0.39 is 17.8 Å². The third-order valence-corrected chi connectivity index (χ3v) is 4.62. The molecule has 2 saturated carbocycles. The average Bonchev–Trinajstić information content (AvgIpc) is 2.66. The number of alkyl halides is 4. The highest BCUT2D eigenvalue weighted by atomic mass is 19.3. The molecule has 0 bridgehead atoms. The zero-order valence-electron chi connectivity index (χ0n) is 10.2. The smallest absolute Gasteiger partial charge is 0.207 e. The second-order valence-corrected chi connectivity index (χ2v) is 5.92. The molecule has 0 heterocycles. The molecule has 2 rings (SSSR count). The number of hydrogen-bond donors (Lipinski definition) is 0. The highest BCUT2D eigenvalue weighted by Crippen LogP contribution is 2.48. The number of halogens is 4. The molecule has 2 aliphatic carbocycles. The first kappa shape index (κ1) is 13.2. The topological polar surface area (TPSA) is 0 Å². The third-order valence-electron chi connectivity index (χ3n) is 4.62. The van der Waals surface area contributed by atoms with Gasteiger partial charge in [0, 0.05) is 18.8 Å². The first-order valence-electron chi connectivity index (χ1n) is 6.53. The highest BCUT2D eigenvalue weighted by molar-refractivity contribution is 4.89. The molecule has 2 aliphatic rings. The van der Waals surface area contributed by atoms with Crippen molar-refractivity contribution in [1.29, 1.82) is 0 Å². The van der Waals surface area contributed by atoms with E-state index in [1.54, 1.807) is 0 Å². The van der Waals surface area contributed by atoms with E-state index in [0.29, 0.717) is 25.7 Å². The molecule has 4 heteroatoms. The molecule has 0 N–H and O–H groups in total. The monoisotopic (exact) mass is 252 g/mol. The highest BCUT2D eigenvalue weighted by Gasteiger charge is 2.44. The summed E-state index contributed by atoms with van der Waals surface area (Å²) in [6, 6.07) is 0. The van der Waals surface area contributed by atoms with Crippen molar-refractivity contribution in [2.24, 2.45) is 17.8 Å².